The molecule has 0 radical (unpaired) electrons. The molecule has 1 aromatic rings. The molecule has 1 heterocycles. The van der Waals surface area contributed by atoms with Gasteiger partial charge < -0.3 is 4.90 Å². The molecule has 0 amide bonds. The molecule has 0 atom stereocenters. The highest BCUT2D eigenvalue weighted by atomic mass is 32.2. The minimum absolute atomic E-state index is 0.589. The molecule has 0 N–H and O–H groups in total. The van der Waals surface area contributed by atoms with Gasteiger partial charge in [-0.3, -0.25) is 0 Å². The molecule has 0 unspecified atom stereocenters. The zero-order chi connectivity index (χ0) is 15.3. The van der Waals surface area contributed by atoms with Crippen LogP contribution in [0.5, 0.6) is 0 Å². The topological polar surface area (TPSA) is 43.9 Å². The Balaban J connectivity index is 1.72. The number of benzene rings is 1. The van der Waals surface area contributed by atoms with Gasteiger partial charge in [0, 0.05) is 40.3 Å². The van der Waals surface area contributed by atoms with Crippen molar-refractivity contribution in [1.82, 2.24) is 13.5 Å². The van der Waals surface area contributed by atoms with Crippen LogP contribution in [0.15, 0.2) is 30.3 Å². The maximum atomic E-state index is 12.0. The van der Waals surface area contributed by atoms with Crippen LogP contribution in [0.4, 0.5) is 0 Å². The van der Waals surface area contributed by atoms with E-state index >= 15 is 0 Å². The van der Waals surface area contributed by atoms with E-state index in [4.69, 9.17) is 0 Å². The minimum Gasteiger partial charge on any atom is -0.301 e. The molecule has 118 valence electrons. The molecule has 5 nitrogen and oxygen atoms in total. The van der Waals surface area contributed by atoms with Crippen LogP contribution < -0.4 is 0 Å². The monoisotopic (exact) mass is 311 g/mol. The molecule has 0 aromatic heterocycles. The number of nitrogens with zero attached hydrogens (tertiary/aromatic N) is 3. The van der Waals surface area contributed by atoms with Crippen LogP contribution in [0.1, 0.15) is 12.0 Å². The van der Waals surface area contributed by atoms with E-state index in [0.717, 1.165) is 32.5 Å². The SMILES string of the molecule is CN(C)S(=O)(=O)N1CCN(CCCc2ccccc2)CC1. The molecule has 1 aliphatic heterocycles. The maximum absolute atomic E-state index is 12.0. The molecule has 1 saturated heterocycles. The second kappa shape index (κ2) is 7.35. The van der Waals surface area contributed by atoms with Gasteiger partial charge in [-0.05, 0) is 24.9 Å². The first-order chi connectivity index (χ1) is 10.00. The summed E-state index contributed by atoms with van der Waals surface area (Å²) in [7, 11) is -0.0771. The molecular weight excluding hydrogens is 286 g/mol. The first-order valence-corrected chi connectivity index (χ1v) is 8.84. The van der Waals surface area contributed by atoms with Crippen LogP contribution in [0, 0.1) is 0 Å². The lowest BCUT2D eigenvalue weighted by molar-refractivity contribution is 0.182. The molecule has 21 heavy (non-hydrogen) atoms. The van der Waals surface area contributed by atoms with Gasteiger partial charge in [-0.1, -0.05) is 30.3 Å². The van der Waals surface area contributed by atoms with Crippen LogP contribution in [0.2, 0.25) is 0 Å². The lowest BCUT2D eigenvalue weighted by Gasteiger charge is -2.35. The number of aryl methyl sites for hydroxylation is 1. The fraction of sp³-hybridized carbons (Fsp3) is 0.600. The zero-order valence-corrected chi connectivity index (χ0v) is 13.7. The first kappa shape index (κ1) is 16.4. The molecule has 6 heteroatoms. The number of hydrogen-bond donors (Lipinski definition) is 0. The van der Waals surface area contributed by atoms with Gasteiger partial charge in [0.1, 0.15) is 0 Å². The second-order valence-corrected chi connectivity index (χ2v) is 7.76. The van der Waals surface area contributed by atoms with E-state index in [1.807, 2.05) is 6.07 Å². The normalized spacial score (nSPS) is 18.2. The summed E-state index contributed by atoms with van der Waals surface area (Å²) in [4.78, 5) is 2.35. The minimum atomic E-state index is -3.25. The molecule has 2 rings (SSSR count). The van der Waals surface area contributed by atoms with Crippen molar-refractivity contribution < 1.29 is 8.42 Å². The molecule has 1 fully saturated rings. The fourth-order valence-electron chi connectivity index (χ4n) is 2.57. The predicted octanol–water partition coefficient (Wildman–Crippen LogP) is 1.04. The van der Waals surface area contributed by atoms with Gasteiger partial charge in [0.2, 0.25) is 0 Å². The standard InChI is InChI=1S/C15H25N3O2S/c1-16(2)21(19,20)18-13-11-17(12-14-18)10-6-9-15-7-4-3-5-8-15/h3-5,7-8H,6,9-14H2,1-2H3. The predicted molar refractivity (Wildman–Crippen MR) is 85.4 cm³/mol. The van der Waals surface area contributed by atoms with Gasteiger partial charge in [-0.2, -0.15) is 17.0 Å². The Hall–Kier alpha value is -0.950. The quantitative estimate of drug-likeness (QED) is 0.788. The molecule has 1 aliphatic rings. The van der Waals surface area contributed by atoms with E-state index < -0.39 is 10.2 Å². The van der Waals surface area contributed by atoms with E-state index in [1.54, 1.807) is 18.4 Å². The van der Waals surface area contributed by atoms with Gasteiger partial charge in [0.15, 0.2) is 0 Å². The number of rotatable bonds is 6. The van der Waals surface area contributed by atoms with Crippen molar-refractivity contribution in [2.24, 2.45) is 0 Å². The highest BCUT2D eigenvalue weighted by Crippen LogP contribution is 2.11. The van der Waals surface area contributed by atoms with E-state index in [1.165, 1.54) is 9.87 Å². The summed E-state index contributed by atoms with van der Waals surface area (Å²) in [5, 5.41) is 0. The Morgan fingerprint density at radius 3 is 2.24 bits per heavy atom. The van der Waals surface area contributed by atoms with Crippen molar-refractivity contribution in [2.75, 3.05) is 46.8 Å². The lowest BCUT2D eigenvalue weighted by Crippen LogP contribution is -2.51. The summed E-state index contributed by atoms with van der Waals surface area (Å²) < 4.78 is 26.9. The Kier molecular flexibility index (Phi) is 5.75. The summed E-state index contributed by atoms with van der Waals surface area (Å²) in [5.74, 6) is 0. The molecule has 0 saturated carbocycles. The Morgan fingerprint density at radius 1 is 1.05 bits per heavy atom. The van der Waals surface area contributed by atoms with Crippen molar-refractivity contribution in [1.29, 1.82) is 0 Å². The van der Waals surface area contributed by atoms with Crippen LogP contribution in [0.25, 0.3) is 0 Å². The number of hydrogen-bond acceptors (Lipinski definition) is 3. The highest BCUT2D eigenvalue weighted by Gasteiger charge is 2.28. The molecule has 0 aliphatic carbocycles. The lowest BCUT2D eigenvalue weighted by atomic mass is 10.1. The first-order valence-electron chi connectivity index (χ1n) is 7.44. The van der Waals surface area contributed by atoms with Gasteiger partial charge in [0.05, 0.1) is 0 Å². The van der Waals surface area contributed by atoms with Crippen molar-refractivity contribution >= 4 is 10.2 Å². The average molecular weight is 311 g/mol. The maximum Gasteiger partial charge on any atom is 0.281 e. The Labute approximate surface area is 128 Å². The molecule has 1 aromatic carbocycles. The van der Waals surface area contributed by atoms with E-state index in [-0.39, 0.29) is 0 Å². The van der Waals surface area contributed by atoms with E-state index in [9.17, 15) is 8.42 Å². The van der Waals surface area contributed by atoms with Crippen molar-refractivity contribution in [2.45, 2.75) is 12.8 Å². The van der Waals surface area contributed by atoms with E-state index in [2.05, 4.69) is 29.2 Å². The van der Waals surface area contributed by atoms with Crippen LogP contribution >= 0.6 is 0 Å². The summed E-state index contributed by atoms with van der Waals surface area (Å²) >= 11 is 0. The van der Waals surface area contributed by atoms with Gasteiger partial charge in [0.25, 0.3) is 10.2 Å². The van der Waals surface area contributed by atoms with E-state index in [0.29, 0.717) is 13.1 Å². The Bertz CT molecular complexity index is 523. The fourth-order valence-corrected chi connectivity index (χ4v) is 3.65. The summed E-state index contributed by atoms with van der Waals surface area (Å²) in [5.41, 5.74) is 1.37. The largest absolute Gasteiger partial charge is 0.301 e. The van der Waals surface area contributed by atoms with Crippen molar-refractivity contribution in [3.05, 3.63) is 35.9 Å². The second-order valence-electron chi connectivity index (χ2n) is 5.62. The smallest absolute Gasteiger partial charge is 0.281 e. The van der Waals surface area contributed by atoms with Crippen LogP contribution in [-0.4, -0.2) is 68.7 Å². The van der Waals surface area contributed by atoms with Gasteiger partial charge >= 0.3 is 0 Å². The third-order valence-corrected chi connectivity index (χ3v) is 5.84. The summed E-state index contributed by atoms with van der Waals surface area (Å²) in [6, 6.07) is 10.5. The van der Waals surface area contributed by atoms with Gasteiger partial charge in [-0.25, -0.2) is 0 Å². The van der Waals surface area contributed by atoms with Crippen molar-refractivity contribution in [3.63, 3.8) is 0 Å². The summed E-state index contributed by atoms with van der Waals surface area (Å²) in [6.45, 7) is 3.85. The third kappa shape index (κ3) is 4.51. The Morgan fingerprint density at radius 2 is 1.67 bits per heavy atom. The van der Waals surface area contributed by atoms with Crippen LogP contribution in [0.3, 0.4) is 0 Å². The average Bonchev–Trinajstić information content (AvgIpc) is 2.49. The molecule has 0 spiro atoms. The molecule has 0 bridgehead atoms. The summed E-state index contributed by atoms with van der Waals surface area (Å²) in [6.07, 6.45) is 2.20. The van der Waals surface area contributed by atoms with Crippen LogP contribution in [-0.2, 0) is 16.6 Å². The number of piperazine rings is 1. The molecular formula is C15H25N3O2S. The van der Waals surface area contributed by atoms with Gasteiger partial charge in [-0.15, -0.1) is 0 Å². The zero-order valence-electron chi connectivity index (χ0n) is 12.9. The van der Waals surface area contributed by atoms with Crippen molar-refractivity contribution in [3.8, 4) is 0 Å². The highest BCUT2D eigenvalue weighted by molar-refractivity contribution is 7.86. The third-order valence-electron chi connectivity index (χ3n) is 3.90.